The lowest BCUT2D eigenvalue weighted by Crippen LogP contribution is -2.42. The highest BCUT2D eigenvalue weighted by atomic mass is 127. The minimum absolute atomic E-state index is 0. The number of likely N-dealkylation sites (tertiary alicyclic amines) is 1. The molecule has 2 heterocycles. The van der Waals surface area contributed by atoms with Crippen LogP contribution in [0.15, 0.2) is 53.5 Å². The van der Waals surface area contributed by atoms with Gasteiger partial charge < -0.3 is 19.9 Å². The Kier molecular flexibility index (Phi) is 9.37. The van der Waals surface area contributed by atoms with Crippen LogP contribution in [0.5, 0.6) is 5.75 Å². The van der Waals surface area contributed by atoms with Crippen LogP contribution < -0.4 is 15.4 Å². The summed E-state index contributed by atoms with van der Waals surface area (Å²) in [5.41, 5.74) is 3.40. The van der Waals surface area contributed by atoms with Gasteiger partial charge in [-0.15, -0.1) is 24.0 Å². The molecular weight excluding hydrogens is 527 g/mol. The second-order valence-corrected chi connectivity index (χ2v) is 8.19. The van der Waals surface area contributed by atoms with Crippen molar-refractivity contribution in [2.45, 2.75) is 32.4 Å². The van der Waals surface area contributed by atoms with Crippen LogP contribution in [-0.2, 0) is 13.6 Å². The van der Waals surface area contributed by atoms with E-state index in [0.29, 0.717) is 6.54 Å². The molecule has 3 aromatic rings. The summed E-state index contributed by atoms with van der Waals surface area (Å²) in [5.74, 6) is 2.66. The summed E-state index contributed by atoms with van der Waals surface area (Å²) in [6, 6.07) is 16.9. The Morgan fingerprint density at radius 2 is 1.91 bits per heavy atom. The van der Waals surface area contributed by atoms with Gasteiger partial charge in [0, 0.05) is 20.1 Å². The molecule has 1 aliphatic rings. The second-order valence-electron chi connectivity index (χ2n) is 8.19. The fraction of sp³-hybridized carbons (Fsp3) is 0.440. The smallest absolute Gasteiger partial charge is 0.191 e. The van der Waals surface area contributed by atoms with E-state index >= 15 is 0 Å². The Labute approximate surface area is 213 Å². The summed E-state index contributed by atoms with van der Waals surface area (Å²) >= 11 is 0. The Balaban J connectivity index is 0.00000306. The van der Waals surface area contributed by atoms with Crippen LogP contribution in [0.3, 0.4) is 0 Å². The number of fused-ring (bicyclic) bond motifs is 1. The molecule has 1 atom stereocenters. The highest BCUT2D eigenvalue weighted by Crippen LogP contribution is 2.27. The Bertz CT molecular complexity index is 1060. The van der Waals surface area contributed by atoms with Crippen molar-refractivity contribution >= 4 is 41.0 Å². The van der Waals surface area contributed by atoms with Crippen LogP contribution in [0.1, 0.15) is 37.2 Å². The van der Waals surface area contributed by atoms with Gasteiger partial charge in [0.2, 0.25) is 0 Å². The van der Waals surface area contributed by atoms with Crippen molar-refractivity contribution < 1.29 is 4.74 Å². The largest absolute Gasteiger partial charge is 0.497 e. The molecule has 1 aromatic heterocycles. The van der Waals surface area contributed by atoms with Gasteiger partial charge in [-0.3, -0.25) is 4.90 Å². The van der Waals surface area contributed by atoms with Crippen molar-refractivity contribution in [2.24, 2.45) is 12.0 Å². The van der Waals surface area contributed by atoms with E-state index in [1.165, 1.54) is 18.4 Å². The highest BCUT2D eigenvalue weighted by molar-refractivity contribution is 14.0. The van der Waals surface area contributed by atoms with Gasteiger partial charge in [-0.2, -0.15) is 0 Å². The molecule has 4 rings (SSSR count). The fourth-order valence-corrected chi connectivity index (χ4v) is 4.38. The molecule has 1 unspecified atom stereocenters. The zero-order valence-electron chi connectivity index (χ0n) is 19.8. The number of hydrogen-bond acceptors (Lipinski definition) is 4. The van der Waals surface area contributed by atoms with Crippen LogP contribution in [0.2, 0.25) is 0 Å². The topological polar surface area (TPSA) is 66.7 Å². The molecule has 1 aliphatic heterocycles. The summed E-state index contributed by atoms with van der Waals surface area (Å²) in [5, 5.41) is 6.96. The molecule has 0 bridgehead atoms. The summed E-state index contributed by atoms with van der Waals surface area (Å²) in [4.78, 5) is 12.1. The van der Waals surface area contributed by atoms with Gasteiger partial charge in [-0.1, -0.05) is 24.3 Å². The minimum Gasteiger partial charge on any atom is -0.497 e. The average Bonchev–Trinajstić information content (AvgIpc) is 3.46. The Morgan fingerprint density at radius 1 is 1.12 bits per heavy atom. The van der Waals surface area contributed by atoms with E-state index in [0.717, 1.165) is 54.7 Å². The van der Waals surface area contributed by atoms with Crippen LogP contribution in [0, 0.1) is 0 Å². The van der Waals surface area contributed by atoms with Gasteiger partial charge >= 0.3 is 0 Å². The van der Waals surface area contributed by atoms with Gasteiger partial charge in [-0.05, 0) is 62.7 Å². The molecule has 0 saturated carbocycles. The quantitative estimate of drug-likeness (QED) is 0.246. The van der Waals surface area contributed by atoms with Crippen LogP contribution in [0.4, 0.5) is 0 Å². The van der Waals surface area contributed by atoms with E-state index in [2.05, 4.69) is 51.3 Å². The molecule has 0 radical (unpaired) electrons. The number of guanidine groups is 1. The lowest BCUT2D eigenvalue weighted by molar-refractivity contribution is 0.245. The van der Waals surface area contributed by atoms with Gasteiger partial charge in [0.15, 0.2) is 5.96 Å². The monoisotopic (exact) mass is 562 g/mol. The van der Waals surface area contributed by atoms with Gasteiger partial charge in [0.05, 0.1) is 24.2 Å². The maximum atomic E-state index is 5.47. The molecule has 1 fully saturated rings. The number of rotatable bonds is 8. The predicted octanol–water partition coefficient (Wildman–Crippen LogP) is 4.09. The number of imidazole rings is 1. The molecule has 8 heteroatoms. The third-order valence-electron chi connectivity index (χ3n) is 6.13. The number of benzene rings is 2. The predicted molar refractivity (Wildman–Crippen MR) is 145 cm³/mol. The fourth-order valence-electron chi connectivity index (χ4n) is 4.38. The maximum absolute atomic E-state index is 5.47. The van der Waals surface area contributed by atoms with Crippen molar-refractivity contribution in [3.05, 3.63) is 59.9 Å². The first-order chi connectivity index (χ1) is 15.7. The number of aliphatic imine (C=N–C) groups is 1. The molecule has 7 nitrogen and oxygen atoms in total. The number of nitrogens with one attached hydrogen (secondary N) is 2. The number of hydrogen-bond donors (Lipinski definition) is 2. The number of nitrogens with zero attached hydrogens (tertiary/aromatic N) is 4. The van der Waals surface area contributed by atoms with Gasteiger partial charge in [-0.25, -0.2) is 9.98 Å². The standard InChI is InChI=1S/C25H34N6O.HI/c1-4-26-25(28-18-24-29-21-12-5-6-13-22(21)30(24)2)27-17-23(31-14-7-8-15-31)19-10-9-11-20(16-19)32-3;/h5-6,9-13,16,23H,4,7-8,14-15,17-18H2,1-3H3,(H2,26,27,28);1H. The Hall–Kier alpha value is -2.33. The van der Waals surface area contributed by atoms with Crippen molar-refractivity contribution in [3.8, 4) is 5.75 Å². The first kappa shape index (κ1) is 25.3. The third kappa shape index (κ3) is 6.17. The van der Waals surface area contributed by atoms with E-state index < -0.39 is 0 Å². The summed E-state index contributed by atoms with van der Waals surface area (Å²) in [6.07, 6.45) is 2.50. The van der Waals surface area contributed by atoms with E-state index in [9.17, 15) is 0 Å². The summed E-state index contributed by atoms with van der Waals surface area (Å²) < 4.78 is 7.59. The molecule has 1 saturated heterocycles. The molecule has 0 aliphatic carbocycles. The zero-order valence-corrected chi connectivity index (χ0v) is 22.1. The average molecular weight is 563 g/mol. The lowest BCUT2D eigenvalue weighted by atomic mass is 10.1. The first-order valence-corrected chi connectivity index (χ1v) is 11.5. The van der Waals surface area contributed by atoms with Crippen LogP contribution in [-0.4, -0.2) is 53.7 Å². The summed E-state index contributed by atoms with van der Waals surface area (Å²) in [7, 11) is 3.77. The zero-order chi connectivity index (χ0) is 22.3. The van der Waals surface area contributed by atoms with E-state index in [4.69, 9.17) is 14.7 Å². The van der Waals surface area contributed by atoms with E-state index in [-0.39, 0.29) is 30.0 Å². The normalized spacial score (nSPS) is 15.3. The van der Waals surface area contributed by atoms with Gasteiger partial charge in [0.25, 0.3) is 0 Å². The molecule has 2 N–H and O–H groups in total. The lowest BCUT2D eigenvalue weighted by Gasteiger charge is -2.29. The van der Waals surface area contributed by atoms with Crippen molar-refractivity contribution in [2.75, 3.05) is 33.3 Å². The van der Waals surface area contributed by atoms with E-state index in [1.807, 2.05) is 31.3 Å². The SMILES string of the molecule is CCNC(=NCc1nc2ccccc2n1C)NCC(c1cccc(OC)c1)N1CCCC1.I. The maximum Gasteiger partial charge on any atom is 0.191 e. The molecular formula is C25H35IN6O. The molecule has 178 valence electrons. The molecule has 33 heavy (non-hydrogen) atoms. The van der Waals surface area contributed by atoms with Crippen molar-refractivity contribution in [1.29, 1.82) is 0 Å². The van der Waals surface area contributed by atoms with Crippen molar-refractivity contribution in [1.82, 2.24) is 25.1 Å². The van der Waals surface area contributed by atoms with Crippen LogP contribution in [0.25, 0.3) is 11.0 Å². The molecule has 0 spiro atoms. The van der Waals surface area contributed by atoms with E-state index in [1.54, 1.807) is 7.11 Å². The number of aromatic nitrogens is 2. The molecule has 2 aromatic carbocycles. The first-order valence-electron chi connectivity index (χ1n) is 11.5. The van der Waals surface area contributed by atoms with Crippen molar-refractivity contribution in [3.63, 3.8) is 0 Å². The highest BCUT2D eigenvalue weighted by Gasteiger charge is 2.24. The number of para-hydroxylation sites is 2. The second kappa shape index (κ2) is 12.2. The number of ether oxygens (including phenoxy) is 1. The molecule has 0 amide bonds. The number of aryl methyl sites for hydroxylation is 1. The summed E-state index contributed by atoms with van der Waals surface area (Å²) in [6.45, 7) is 6.44. The van der Waals surface area contributed by atoms with Crippen LogP contribution >= 0.6 is 24.0 Å². The third-order valence-corrected chi connectivity index (χ3v) is 6.13. The number of halogens is 1. The number of methoxy groups -OCH3 is 1. The Morgan fingerprint density at radius 3 is 2.64 bits per heavy atom. The van der Waals surface area contributed by atoms with Gasteiger partial charge in [0.1, 0.15) is 18.1 Å². The minimum atomic E-state index is 0.